The molecule has 1 fully saturated rings. The summed E-state index contributed by atoms with van der Waals surface area (Å²) in [6, 6.07) is 4.74. The molecule has 0 radical (unpaired) electrons. The fourth-order valence-corrected chi connectivity index (χ4v) is 1.33. The lowest BCUT2D eigenvalue weighted by Gasteiger charge is -2.08. The fraction of sp³-hybridized carbons (Fsp3) is 0.364. The van der Waals surface area contributed by atoms with Crippen LogP contribution in [0.1, 0.15) is 23.2 Å². The molecule has 4 nitrogen and oxygen atoms in total. The molecule has 1 aromatic carbocycles. The molecule has 1 amide bonds. The fourth-order valence-electron chi connectivity index (χ4n) is 1.33. The molecule has 2 rings (SSSR count). The van der Waals surface area contributed by atoms with Crippen molar-refractivity contribution >= 4 is 5.91 Å². The van der Waals surface area contributed by atoms with E-state index in [2.05, 4.69) is 0 Å². The molecule has 0 aromatic heterocycles. The Hall–Kier alpha value is -1.71. The molecule has 1 aromatic rings. The lowest BCUT2D eigenvalue weighted by atomic mass is 10.2. The summed E-state index contributed by atoms with van der Waals surface area (Å²) in [7, 11) is 0. The van der Waals surface area contributed by atoms with Gasteiger partial charge in [0.1, 0.15) is 0 Å². The van der Waals surface area contributed by atoms with Gasteiger partial charge in [0.2, 0.25) is 0 Å². The summed E-state index contributed by atoms with van der Waals surface area (Å²) in [5.41, 5.74) is 5.20. The van der Waals surface area contributed by atoms with Gasteiger partial charge in [-0.25, -0.2) is 0 Å². The zero-order valence-electron chi connectivity index (χ0n) is 8.27. The van der Waals surface area contributed by atoms with Gasteiger partial charge in [-0.15, -0.1) is 0 Å². The van der Waals surface area contributed by atoms with E-state index in [9.17, 15) is 9.90 Å². The highest BCUT2D eigenvalue weighted by molar-refractivity contribution is 5.96. The number of primary amides is 1. The van der Waals surface area contributed by atoms with Crippen molar-refractivity contribution in [1.82, 2.24) is 0 Å². The Morgan fingerprint density at radius 3 is 2.87 bits per heavy atom. The van der Waals surface area contributed by atoms with Crippen molar-refractivity contribution < 1.29 is 14.6 Å². The molecule has 0 spiro atoms. The van der Waals surface area contributed by atoms with Crippen LogP contribution in [0.4, 0.5) is 0 Å². The number of carbonyl (C=O) groups is 1. The van der Waals surface area contributed by atoms with Crippen LogP contribution >= 0.6 is 0 Å². The van der Waals surface area contributed by atoms with Gasteiger partial charge in [0.15, 0.2) is 11.5 Å². The van der Waals surface area contributed by atoms with E-state index < -0.39 is 5.91 Å². The van der Waals surface area contributed by atoms with E-state index in [1.165, 1.54) is 18.9 Å². The molecule has 0 aliphatic heterocycles. The van der Waals surface area contributed by atoms with Crippen LogP contribution in [0.3, 0.4) is 0 Å². The highest BCUT2D eigenvalue weighted by Crippen LogP contribution is 2.33. The average Bonchev–Trinajstić information content (AvgIpc) is 2.99. The number of phenols is 1. The number of rotatable bonds is 4. The van der Waals surface area contributed by atoms with Gasteiger partial charge in [-0.05, 0) is 30.9 Å². The lowest BCUT2D eigenvalue weighted by molar-refractivity contribution is 0.0997. The summed E-state index contributed by atoms with van der Waals surface area (Å²) in [6.45, 7) is 0.593. The smallest absolute Gasteiger partial charge is 0.252 e. The molecule has 0 atom stereocenters. The second-order valence-electron chi connectivity index (χ2n) is 3.77. The molecule has 80 valence electrons. The van der Waals surface area contributed by atoms with Crippen molar-refractivity contribution in [3.05, 3.63) is 23.8 Å². The van der Waals surface area contributed by atoms with Crippen molar-refractivity contribution in [2.75, 3.05) is 6.61 Å². The van der Waals surface area contributed by atoms with Gasteiger partial charge >= 0.3 is 0 Å². The first-order valence-corrected chi connectivity index (χ1v) is 4.93. The summed E-state index contributed by atoms with van der Waals surface area (Å²) >= 11 is 0. The van der Waals surface area contributed by atoms with Gasteiger partial charge in [-0.3, -0.25) is 4.79 Å². The van der Waals surface area contributed by atoms with Crippen molar-refractivity contribution in [3.8, 4) is 11.5 Å². The Balaban J connectivity index is 2.14. The molecule has 3 N–H and O–H groups in total. The summed E-state index contributed by atoms with van der Waals surface area (Å²) < 4.78 is 5.39. The van der Waals surface area contributed by atoms with E-state index in [-0.39, 0.29) is 11.3 Å². The first-order chi connectivity index (χ1) is 7.18. The summed E-state index contributed by atoms with van der Waals surface area (Å²) in [5.74, 6) is 0.120. The van der Waals surface area contributed by atoms with Crippen LogP contribution in [0.2, 0.25) is 0 Å². The first-order valence-electron chi connectivity index (χ1n) is 4.93. The normalized spacial score (nSPS) is 14.9. The maximum Gasteiger partial charge on any atom is 0.252 e. The molecule has 0 saturated heterocycles. The minimum atomic E-state index is -0.649. The second kappa shape index (κ2) is 3.81. The van der Waals surface area contributed by atoms with E-state index >= 15 is 0 Å². The number of para-hydroxylation sites is 1. The largest absolute Gasteiger partial charge is 0.504 e. The van der Waals surface area contributed by atoms with Gasteiger partial charge in [0.25, 0.3) is 5.91 Å². The Kier molecular flexibility index (Phi) is 2.49. The van der Waals surface area contributed by atoms with Gasteiger partial charge in [0, 0.05) is 0 Å². The van der Waals surface area contributed by atoms with Crippen molar-refractivity contribution in [3.63, 3.8) is 0 Å². The third-order valence-electron chi connectivity index (χ3n) is 2.44. The van der Waals surface area contributed by atoms with Crippen LogP contribution in [0.5, 0.6) is 11.5 Å². The van der Waals surface area contributed by atoms with Crippen LogP contribution in [0.15, 0.2) is 18.2 Å². The van der Waals surface area contributed by atoms with Crippen LogP contribution in [-0.2, 0) is 0 Å². The predicted octanol–water partition coefficient (Wildman–Crippen LogP) is 1.28. The highest BCUT2D eigenvalue weighted by Gasteiger charge is 2.23. The van der Waals surface area contributed by atoms with Crippen LogP contribution in [0.25, 0.3) is 0 Å². The van der Waals surface area contributed by atoms with Crippen molar-refractivity contribution in [1.29, 1.82) is 0 Å². The standard InChI is InChI=1S/C11H13NO3/c12-11(14)8-2-1-3-9(10(8)13)15-6-7-4-5-7/h1-3,7,13H,4-6H2,(H2,12,14). The minimum Gasteiger partial charge on any atom is -0.504 e. The molecule has 0 unspecified atom stereocenters. The molecule has 4 heteroatoms. The molecule has 0 bridgehead atoms. The van der Waals surface area contributed by atoms with Gasteiger partial charge in [-0.1, -0.05) is 6.07 Å². The molecule has 15 heavy (non-hydrogen) atoms. The molecule has 0 heterocycles. The number of hydrogen-bond donors (Lipinski definition) is 2. The van der Waals surface area contributed by atoms with E-state index in [0.29, 0.717) is 18.3 Å². The number of hydrogen-bond acceptors (Lipinski definition) is 3. The predicted molar refractivity (Wildman–Crippen MR) is 54.8 cm³/mol. The lowest BCUT2D eigenvalue weighted by Crippen LogP contribution is -2.11. The van der Waals surface area contributed by atoms with Crippen molar-refractivity contribution in [2.45, 2.75) is 12.8 Å². The maximum atomic E-state index is 10.9. The molecular formula is C11H13NO3. The Bertz CT molecular complexity index is 385. The van der Waals surface area contributed by atoms with Crippen LogP contribution in [-0.4, -0.2) is 17.6 Å². The monoisotopic (exact) mass is 207 g/mol. The average molecular weight is 207 g/mol. The molecule has 1 aliphatic carbocycles. The zero-order chi connectivity index (χ0) is 10.8. The SMILES string of the molecule is NC(=O)c1cccc(OCC2CC2)c1O. The van der Waals surface area contributed by atoms with Crippen LogP contribution in [0, 0.1) is 5.92 Å². The number of nitrogens with two attached hydrogens (primary N) is 1. The Morgan fingerprint density at radius 2 is 2.27 bits per heavy atom. The quantitative estimate of drug-likeness (QED) is 0.781. The first kappa shape index (κ1) is 9.83. The van der Waals surface area contributed by atoms with E-state index in [1.807, 2.05) is 0 Å². The second-order valence-corrected chi connectivity index (χ2v) is 3.77. The summed E-state index contributed by atoms with van der Waals surface area (Å²) in [5, 5.41) is 9.67. The molecular weight excluding hydrogens is 194 g/mol. The number of benzene rings is 1. The van der Waals surface area contributed by atoms with E-state index in [4.69, 9.17) is 10.5 Å². The van der Waals surface area contributed by atoms with E-state index in [1.54, 1.807) is 12.1 Å². The molecule has 1 aliphatic rings. The van der Waals surface area contributed by atoms with Gasteiger partial charge in [-0.2, -0.15) is 0 Å². The molecule has 1 saturated carbocycles. The number of aromatic hydroxyl groups is 1. The minimum absolute atomic E-state index is 0.100. The number of amides is 1. The summed E-state index contributed by atoms with van der Waals surface area (Å²) in [6.07, 6.45) is 2.35. The highest BCUT2D eigenvalue weighted by atomic mass is 16.5. The third kappa shape index (κ3) is 2.21. The summed E-state index contributed by atoms with van der Waals surface area (Å²) in [4.78, 5) is 10.9. The van der Waals surface area contributed by atoms with Gasteiger partial charge in [0.05, 0.1) is 12.2 Å². The Morgan fingerprint density at radius 1 is 1.53 bits per heavy atom. The zero-order valence-corrected chi connectivity index (χ0v) is 8.27. The van der Waals surface area contributed by atoms with Gasteiger partial charge < -0.3 is 15.6 Å². The topological polar surface area (TPSA) is 72.6 Å². The Labute approximate surface area is 87.7 Å². The van der Waals surface area contributed by atoms with Crippen molar-refractivity contribution in [2.24, 2.45) is 11.7 Å². The number of carbonyl (C=O) groups excluding carboxylic acids is 1. The maximum absolute atomic E-state index is 10.9. The third-order valence-corrected chi connectivity index (χ3v) is 2.44. The number of ether oxygens (including phenoxy) is 1. The van der Waals surface area contributed by atoms with E-state index in [0.717, 1.165) is 0 Å². The van der Waals surface area contributed by atoms with Crippen LogP contribution < -0.4 is 10.5 Å².